The van der Waals surface area contributed by atoms with Crippen LogP contribution in [0.1, 0.15) is 11.3 Å². The van der Waals surface area contributed by atoms with Gasteiger partial charge in [0.1, 0.15) is 0 Å². The Morgan fingerprint density at radius 1 is 1.18 bits per heavy atom. The molecule has 0 saturated heterocycles. The van der Waals surface area contributed by atoms with Gasteiger partial charge in [-0.3, -0.25) is 0 Å². The highest BCUT2D eigenvalue weighted by molar-refractivity contribution is 6.42. The van der Waals surface area contributed by atoms with Gasteiger partial charge in [-0.2, -0.15) is 0 Å². The third-order valence-electron chi connectivity index (χ3n) is 2.62. The first-order valence-corrected chi connectivity index (χ1v) is 6.19. The van der Waals surface area contributed by atoms with Gasteiger partial charge in [0, 0.05) is 25.0 Å². The van der Waals surface area contributed by atoms with Gasteiger partial charge in [0.05, 0.1) is 10.0 Å². The predicted octanol–water partition coefficient (Wildman–Crippen LogP) is 3.56. The molecule has 0 aliphatic rings. The number of hydrogen-bond acceptors (Lipinski definition) is 1. The molecule has 1 aromatic carbocycles. The molecule has 2 aromatic rings. The molecule has 1 N–H and O–H groups in total. The Morgan fingerprint density at radius 2 is 2.00 bits per heavy atom. The molecule has 0 bridgehead atoms. The molecule has 17 heavy (non-hydrogen) atoms. The average Bonchev–Trinajstić information content (AvgIpc) is 2.72. The van der Waals surface area contributed by atoms with Crippen molar-refractivity contribution in [3.05, 3.63) is 57.8 Å². The van der Waals surface area contributed by atoms with E-state index in [1.54, 1.807) is 0 Å². The van der Waals surface area contributed by atoms with Gasteiger partial charge in [-0.25, -0.2) is 0 Å². The fourth-order valence-electron chi connectivity index (χ4n) is 1.78. The molecule has 0 amide bonds. The maximum absolute atomic E-state index is 6.00. The average molecular weight is 269 g/mol. The summed E-state index contributed by atoms with van der Waals surface area (Å²) in [6.07, 6.45) is 2.06. The van der Waals surface area contributed by atoms with Crippen LogP contribution >= 0.6 is 23.2 Å². The highest BCUT2D eigenvalue weighted by Crippen LogP contribution is 2.23. The minimum Gasteiger partial charge on any atom is -0.346 e. The molecule has 0 atom stereocenters. The zero-order valence-corrected chi connectivity index (χ0v) is 11.1. The van der Waals surface area contributed by atoms with E-state index in [-0.39, 0.29) is 0 Å². The first kappa shape index (κ1) is 12.5. The zero-order valence-electron chi connectivity index (χ0n) is 9.58. The minimum absolute atomic E-state index is 0.596. The van der Waals surface area contributed by atoms with E-state index in [2.05, 4.69) is 22.1 Å². The van der Waals surface area contributed by atoms with Gasteiger partial charge in [-0.15, -0.1) is 0 Å². The molecule has 1 heterocycles. The number of benzene rings is 1. The van der Waals surface area contributed by atoms with Gasteiger partial charge >= 0.3 is 0 Å². The van der Waals surface area contributed by atoms with Gasteiger partial charge in [-0.1, -0.05) is 29.3 Å². The van der Waals surface area contributed by atoms with Gasteiger partial charge < -0.3 is 9.88 Å². The minimum atomic E-state index is 0.596. The van der Waals surface area contributed by atoms with Crippen molar-refractivity contribution in [2.45, 2.75) is 13.1 Å². The largest absolute Gasteiger partial charge is 0.346 e. The van der Waals surface area contributed by atoms with Crippen LogP contribution in [0.3, 0.4) is 0 Å². The van der Waals surface area contributed by atoms with Crippen LogP contribution in [0.15, 0.2) is 36.5 Å². The smallest absolute Gasteiger partial charge is 0.0595 e. The molecule has 4 heteroatoms. The van der Waals surface area contributed by atoms with Crippen LogP contribution < -0.4 is 5.32 Å². The van der Waals surface area contributed by atoms with Crippen LogP contribution in [0, 0.1) is 0 Å². The van der Waals surface area contributed by atoms with Crippen molar-refractivity contribution in [1.29, 1.82) is 0 Å². The molecule has 90 valence electrons. The van der Waals surface area contributed by atoms with Gasteiger partial charge in [0.2, 0.25) is 0 Å². The van der Waals surface area contributed by atoms with Crippen molar-refractivity contribution in [2.24, 2.45) is 0 Å². The fourth-order valence-corrected chi connectivity index (χ4v) is 2.10. The summed E-state index contributed by atoms with van der Waals surface area (Å²) in [4.78, 5) is 0. The topological polar surface area (TPSA) is 17.0 Å². The summed E-state index contributed by atoms with van der Waals surface area (Å²) >= 11 is 11.9. The molecule has 0 radical (unpaired) electrons. The Bertz CT molecular complexity index is 506. The normalized spacial score (nSPS) is 10.8. The number of nitrogens with one attached hydrogen (secondary N) is 1. The molecular formula is C13H14Cl2N2. The summed E-state index contributed by atoms with van der Waals surface area (Å²) in [5, 5.41) is 4.35. The second-order valence-electron chi connectivity index (χ2n) is 3.91. The summed E-state index contributed by atoms with van der Waals surface area (Å²) in [6.45, 7) is 1.66. The zero-order chi connectivity index (χ0) is 12.3. The Hall–Kier alpha value is -0.960. The molecule has 2 nitrogen and oxygen atoms in total. The lowest BCUT2D eigenvalue weighted by molar-refractivity contribution is 0.694. The molecule has 0 fully saturated rings. The lowest BCUT2D eigenvalue weighted by Crippen LogP contribution is -2.11. The lowest BCUT2D eigenvalue weighted by Gasteiger charge is -2.09. The summed E-state index contributed by atoms with van der Waals surface area (Å²) in [6, 6.07) is 9.89. The Kier molecular flexibility index (Phi) is 4.11. The lowest BCUT2D eigenvalue weighted by atomic mass is 10.2. The molecule has 0 aliphatic carbocycles. The van der Waals surface area contributed by atoms with Crippen molar-refractivity contribution < 1.29 is 0 Å². The number of halogens is 2. The maximum Gasteiger partial charge on any atom is 0.0595 e. The van der Waals surface area contributed by atoms with Crippen molar-refractivity contribution in [3.8, 4) is 0 Å². The second kappa shape index (κ2) is 5.58. The van der Waals surface area contributed by atoms with E-state index in [1.165, 1.54) is 5.69 Å². The standard InChI is InChI=1S/C13H14Cl2N2/c1-16-8-11-3-2-6-17(11)9-10-4-5-12(14)13(15)7-10/h2-7,16H,8-9H2,1H3. The molecule has 0 unspecified atom stereocenters. The summed E-state index contributed by atoms with van der Waals surface area (Å²) in [7, 11) is 1.94. The van der Waals surface area contributed by atoms with Crippen LogP contribution in [0.4, 0.5) is 0 Å². The quantitative estimate of drug-likeness (QED) is 0.898. The third kappa shape index (κ3) is 3.03. The van der Waals surface area contributed by atoms with E-state index in [0.29, 0.717) is 10.0 Å². The highest BCUT2D eigenvalue weighted by atomic mass is 35.5. The Morgan fingerprint density at radius 3 is 2.71 bits per heavy atom. The SMILES string of the molecule is CNCc1cccn1Cc1ccc(Cl)c(Cl)c1. The van der Waals surface area contributed by atoms with Crippen molar-refractivity contribution in [1.82, 2.24) is 9.88 Å². The predicted molar refractivity (Wildman–Crippen MR) is 72.8 cm³/mol. The molecule has 2 rings (SSSR count). The highest BCUT2D eigenvalue weighted by Gasteiger charge is 2.03. The van der Waals surface area contributed by atoms with Gasteiger partial charge in [0.15, 0.2) is 0 Å². The Labute approximate surface area is 111 Å². The maximum atomic E-state index is 6.00. The van der Waals surface area contributed by atoms with E-state index >= 15 is 0 Å². The van der Waals surface area contributed by atoms with Crippen molar-refractivity contribution in [3.63, 3.8) is 0 Å². The molecule has 0 saturated carbocycles. The van der Waals surface area contributed by atoms with Gasteiger partial charge in [-0.05, 0) is 36.9 Å². The monoisotopic (exact) mass is 268 g/mol. The van der Waals surface area contributed by atoms with Crippen LogP contribution in [-0.2, 0) is 13.1 Å². The number of rotatable bonds is 4. The first-order chi connectivity index (χ1) is 8.20. The van der Waals surface area contributed by atoms with E-state index in [0.717, 1.165) is 18.7 Å². The first-order valence-electron chi connectivity index (χ1n) is 5.43. The molecule has 0 spiro atoms. The third-order valence-corrected chi connectivity index (χ3v) is 3.36. The van der Waals surface area contributed by atoms with Crippen LogP contribution in [0.2, 0.25) is 10.0 Å². The second-order valence-corrected chi connectivity index (χ2v) is 4.72. The van der Waals surface area contributed by atoms with Crippen LogP contribution in [-0.4, -0.2) is 11.6 Å². The number of aromatic nitrogens is 1. The number of nitrogens with zero attached hydrogens (tertiary/aromatic N) is 1. The van der Waals surface area contributed by atoms with E-state index in [4.69, 9.17) is 23.2 Å². The van der Waals surface area contributed by atoms with Crippen molar-refractivity contribution >= 4 is 23.2 Å². The number of hydrogen-bond donors (Lipinski definition) is 1. The molecule has 1 aromatic heterocycles. The van der Waals surface area contributed by atoms with Crippen LogP contribution in [0.5, 0.6) is 0 Å². The summed E-state index contributed by atoms with van der Waals surface area (Å²) in [5.41, 5.74) is 2.39. The summed E-state index contributed by atoms with van der Waals surface area (Å²) in [5.74, 6) is 0. The van der Waals surface area contributed by atoms with E-state index in [9.17, 15) is 0 Å². The molecular weight excluding hydrogens is 255 g/mol. The Balaban J connectivity index is 2.19. The summed E-state index contributed by atoms with van der Waals surface area (Å²) < 4.78 is 2.19. The van der Waals surface area contributed by atoms with E-state index < -0.39 is 0 Å². The van der Waals surface area contributed by atoms with Crippen LogP contribution in [0.25, 0.3) is 0 Å². The molecule has 0 aliphatic heterocycles. The van der Waals surface area contributed by atoms with Crippen molar-refractivity contribution in [2.75, 3.05) is 7.05 Å². The van der Waals surface area contributed by atoms with Gasteiger partial charge in [0.25, 0.3) is 0 Å². The fraction of sp³-hybridized carbons (Fsp3) is 0.231. The van der Waals surface area contributed by atoms with E-state index in [1.807, 2.05) is 31.3 Å².